The Balaban J connectivity index is 0.00000144. The van der Waals surface area contributed by atoms with Gasteiger partial charge >= 0.3 is 0 Å². The van der Waals surface area contributed by atoms with Gasteiger partial charge in [0.05, 0.1) is 12.2 Å². The highest BCUT2D eigenvalue weighted by Crippen LogP contribution is 2.14. The summed E-state index contributed by atoms with van der Waals surface area (Å²) in [6.07, 6.45) is 0.662. The highest BCUT2D eigenvalue weighted by Gasteiger charge is 2.21. The van der Waals surface area contributed by atoms with Crippen molar-refractivity contribution in [3.8, 4) is 0 Å². The van der Waals surface area contributed by atoms with E-state index in [0.717, 1.165) is 25.3 Å². The molecule has 96 valence electrons. The van der Waals surface area contributed by atoms with Gasteiger partial charge in [-0.05, 0) is 31.5 Å². The van der Waals surface area contributed by atoms with Crippen LogP contribution in [0.15, 0.2) is 24.3 Å². The van der Waals surface area contributed by atoms with E-state index in [2.05, 4.69) is 30.9 Å². The molecule has 1 saturated heterocycles. The highest BCUT2D eigenvalue weighted by atomic mass is 35.5. The third kappa shape index (κ3) is 4.19. The Hall–Kier alpha value is -0.770. The van der Waals surface area contributed by atoms with Crippen LogP contribution >= 0.6 is 12.4 Å². The van der Waals surface area contributed by atoms with Crippen LogP contribution < -0.4 is 5.73 Å². The Morgan fingerprint density at radius 1 is 1.18 bits per heavy atom. The van der Waals surface area contributed by atoms with E-state index < -0.39 is 0 Å². The number of benzene rings is 1. The summed E-state index contributed by atoms with van der Waals surface area (Å²) in [4.78, 5) is 2.43. The first-order chi connectivity index (χ1) is 7.63. The van der Waals surface area contributed by atoms with E-state index in [-0.39, 0.29) is 12.4 Å². The zero-order valence-corrected chi connectivity index (χ0v) is 11.2. The van der Waals surface area contributed by atoms with Crippen molar-refractivity contribution in [3.05, 3.63) is 29.8 Å². The van der Waals surface area contributed by atoms with E-state index in [1.54, 1.807) is 0 Å². The molecule has 3 nitrogen and oxygen atoms in total. The molecule has 0 aromatic heterocycles. The maximum absolute atomic E-state index is 5.71. The molecule has 2 rings (SSSR count). The van der Waals surface area contributed by atoms with Crippen LogP contribution in [0.2, 0.25) is 0 Å². The quantitative estimate of drug-likeness (QED) is 0.826. The number of anilines is 1. The number of rotatable bonds is 2. The van der Waals surface area contributed by atoms with Crippen LogP contribution in [-0.4, -0.2) is 30.2 Å². The molecule has 17 heavy (non-hydrogen) atoms. The van der Waals surface area contributed by atoms with Crippen molar-refractivity contribution in [2.45, 2.75) is 32.6 Å². The molecule has 0 spiro atoms. The second-order valence-electron chi connectivity index (χ2n) is 4.69. The smallest absolute Gasteiger partial charge is 0.0678 e. The summed E-state index contributed by atoms with van der Waals surface area (Å²) in [6, 6.07) is 8.12. The first kappa shape index (κ1) is 14.3. The molecule has 1 fully saturated rings. The zero-order valence-electron chi connectivity index (χ0n) is 10.4. The highest BCUT2D eigenvalue weighted by molar-refractivity contribution is 5.85. The van der Waals surface area contributed by atoms with E-state index >= 15 is 0 Å². The van der Waals surface area contributed by atoms with E-state index in [4.69, 9.17) is 10.5 Å². The number of ether oxygens (including phenoxy) is 1. The molecular formula is C13H21ClN2O. The summed E-state index contributed by atoms with van der Waals surface area (Å²) < 4.78 is 5.71. The molecular weight excluding hydrogens is 236 g/mol. The van der Waals surface area contributed by atoms with Gasteiger partial charge in [-0.15, -0.1) is 12.4 Å². The molecule has 0 aliphatic carbocycles. The van der Waals surface area contributed by atoms with Crippen molar-refractivity contribution >= 4 is 18.1 Å². The molecule has 1 aromatic rings. The summed E-state index contributed by atoms with van der Waals surface area (Å²) in [5.41, 5.74) is 7.81. The molecule has 1 aromatic carbocycles. The second kappa shape index (κ2) is 6.24. The SMILES string of the molecule is CC1CN(Cc2ccc(N)cc2)CC(C)O1.Cl. The lowest BCUT2D eigenvalue weighted by Crippen LogP contribution is -2.44. The molecule has 0 saturated carbocycles. The normalized spacial score (nSPS) is 25.3. The fourth-order valence-corrected chi connectivity index (χ4v) is 2.29. The molecule has 4 heteroatoms. The van der Waals surface area contributed by atoms with Gasteiger partial charge in [0.25, 0.3) is 0 Å². The van der Waals surface area contributed by atoms with Crippen LogP contribution in [0.25, 0.3) is 0 Å². The third-order valence-electron chi connectivity index (χ3n) is 2.88. The van der Waals surface area contributed by atoms with Crippen molar-refractivity contribution in [2.75, 3.05) is 18.8 Å². The lowest BCUT2D eigenvalue weighted by atomic mass is 10.1. The monoisotopic (exact) mass is 256 g/mol. The second-order valence-corrected chi connectivity index (χ2v) is 4.69. The van der Waals surface area contributed by atoms with Gasteiger partial charge in [-0.3, -0.25) is 4.90 Å². The first-order valence-corrected chi connectivity index (χ1v) is 5.85. The predicted molar refractivity (Wildman–Crippen MR) is 73.4 cm³/mol. The van der Waals surface area contributed by atoms with Crippen LogP contribution in [-0.2, 0) is 11.3 Å². The average molecular weight is 257 g/mol. The minimum atomic E-state index is 0. The van der Waals surface area contributed by atoms with Gasteiger partial charge in [-0.2, -0.15) is 0 Å². The third-order valence-corrected chi connectivity index (χ3v) is 2.88. The number of hydrogen-bond donors (Lipinski definition) is 1. The van der Waals surface area contributed by atoms with Gasteiger partial charge in [-0.1, -0.05) is 12.1 Å². The Morgan fingerprint density at radius 2 is 1.71 bits per heavy atom. The van der Waals surface area contributed by atoms with Gasteiger partial charge in [0, 0.05) is 25.3 Å². The van der Waals surface area contributed by atoms with E-state index in [0.29, 0.717) is 12.2 Å². The van der Waals surface area contributed by atoms with Crippen molar-refractivity contribution < 1.29 is 4.74 Å². The van der Waals surface area contributed by atoms with Crippen molar-refractivity contribution in [1.82, 2.24) is 4.90 Å². The van der Waals surface area contributed by atoms with Crippen LogP contribution in [0.4, 0.5) is 5.69 Å². The molecule has 0 radical (unpaired) electrons. The van der Waals surface area contributed by atoms with Crippen molar-refractivity contribution in [2.24, 2.45) is 0 Å². The minimum Gasteiger partial charge on any atom is -0.399 e. The van der Waals surface area contributed by atoms with Crippen LogP contribution in [0.3, 0.4) is 0 Å². The van der Waals surface area contributed by atoms with Crippen LogP contribution in [0.1, 0.15) is 19.4 Å². The summed E-state index contributed by atoms with van der Waals surface area (Å²) in [7, 11) is 0. The molecule has 2 atom stereocenters. The first-order valence-electron chi connectivity index (χ1n) is 5.85. The topological polar surface area (TPSA) is 38.5 Å². The molecule has 2 unspecified atom stereocenters. The fourth-order valence-electron chi connectivity index (χ4n) is 2.29. The zero-order chi connectivity index (χ0) is 11.5. The molecule has 0 bridgehead atoms. The largest absolute Gasteiger partial charge is 0.399 e. The number of morpholine rings is 1. The molecule has 0 amide bonds. The standard InChI is InChI=1S/C13H20N2O.ClH/c1-10-7-15(8-11(2)16-10)9-12-3-5-13(14)6-4-12;/h3-6,10-11H,7-9,14H2,1-2H3;1H. The number of hydrogen-bond acceptors (Lipinski definition) is 3. The average Bonchev–Trinajstić information content (AvgIpc) is 2.20. The Kier molecular flexibility index (Phi) is 5.25. The maximum atomic E-state index is 5.71. The van der Waals surface area contributed by atoms with E-state index in [1.807, 2.05) is 12.1 Å². The maximum Gasteiger partial charge on any atom is 0.0678 e. The van der Waals surface area contributed by atoms with Gasteiger partial charge < -0.3 is 10.5 Å². The van der Waals surface area contributed by atoms with Gasteiger partial charge in [-0.25, -0.2) is 0 Å². The predicted octanol–water partition coefficient (Wildman–Crippen LogP) is 2.30. The molecule has 2 N–H and O–H groups in total. The summed E-state index contributed by atoms with van der Waals surface area (Å²) >= 11 is 0. The Labute approximate surface area is 109 Å². The molecule has 1 aliphatic rings. The van der Waals surface area contributed by atoms with E-state index in [9.17, 15) is 0 Å². The lowest BCUT2D eigenvalue weighted by molar-refractivity contribution is -0.0704. The molecule has 1 aliphatic heterocycles. The molecule has 1 heterocycles. The van der Waals surface area contributed by atoms with Crippen molar-refractivity contribution in [3.63, 3.8) is 0 Å². The lowest BCUT2D eigenvalue weighted by Gasteiger charge is -2.35. The summed E-state index contributed by atoms with van der Waals surface area (Å²) in [5, 5.41) is 0. The van der Waals surface area contributed by atoms with Crippen molar-refractivity contribution in [1.29, 1.82) is 0 Å². The number of nitrogen functional groups attached to an aromatic ring is 1. The Bertz CT molecular complexity index is 332. The minimum absolute atomic E-state index is 0. The van der Waals surface area contributed by atoms with E-state index in [1.165, 1.54) is 5.56 Å². The van der Waals surface area contributed by atoms with Gasteiger partial charge in [0.1, 0.15) is 0 Å². The Morgan fingerprint density at radius 3 is 2.24 bits per heavy atom. The summed E-state index contributed by atoms with van der Waals surface area (Å²) in [5.74, 6) is 0. The van der Waals surface area contributed by atoms with Gasteiger partial charge in [0.2, 0.25) is 0 Å². The number of halogens is 1. The summed E-state index contributed by atoms with van der Waals surface area (Å²) in [6.45, 7) is 7.26. The van der Waals surface area contributed by atoms with Gasteiger partial charge in [0.15, 0.2) is 0 Å². The number of nitrogens with zero attached hydrogens (tertiary/aromatic N) is 1. The number of nitrogens with two attached hydrogens (primary N) is 1. The van der Waals surface area contributed by atoms with Crippen LogP contribution in [0, 0.1) is 0 Å². The fraction of sp³-hybridized carbons (Fsp3) is 0.538. The van der Waals surface area contributed by atoms with Crippen LogP contribution in [0.5, 0.6) is 0 Å².